The van der Waals surface area contributed by atoms with Crippen LogP contribution in [-0.4, -0.2) is 36.1 Å². The lowest BCUT2D eigenvalue weighted by Gasteiger charge is -2.28. The highest BCUT2D eigenvalue weighted by atomic mass is 35.5. The van der Waals surface area contributed by atoms with Crippen molar-refractivity contribution in [1.82, 2.24) is 9.88 Å². The molecule has 106 valence electrons. The summed E-state index contributed by atoms with van der Waals surface area (Å²) >= 11 is 6.04. The number of aromatic nitrogens is 1. The number of halogens is 1. The third kappa shape index (κ3) is 2.60. The number of rotatable bonds is 3. The number of pyridine rings is 1. The van der Waals surface area contributed by atoms with E-state index in [-0.39, 0.29) is 0 Å². The standard InChI is InChI=1S/C16H20ClN3/c1-20(2)16-5-3-4-14(16)19-13-8-9-18-15-10-11(17)6-7-12(13)15/h6-10,14,16H,3-5H2,1-2H3,(H,18,19)/t14-,16-/m0/s1. The molecule has 1 aliphatic rings. The van der Waals surface area contributed by atoms with E-state index in [1.165, 1.54) is 19.3 Å². The van der Waals surface area contributed by atoms with Gasteiger partial charge in [-0.3, -0.25) is 4.98 Å². The second kappa shape index (κ2) is 5.58. The Labute approximate surface area is 124 Å². The maximum absolute atomic E-state index is 6.04. The van der Waals surface area contributed by atoms with Crippen molar-refractivity contribution in [3.63, 3.8) is 0 Å². The minimum absolute atomic E-state index is 0.506. The van der Waals surface area contributed by atoms with E-state index < -0.39 is 0 Å². The van der Waals surface area contributed by atoms with Gasteiger partial charge < -0.3 is 10.2 Å². The molecule has 1 N–H and O–H groups in total. The van der Waals surface area contributed by atoms with Crippen molar-refractivity contribution in [3.8, 4) is 0 Å². The number of nitrogens with zero attached hydrogens (tertiary/aromatic N) is 2. The van der Waals surface area contributed by atoms with Crippen LogP contribution in [0.1, 0.15) is 19.3 Å². The van der Waals surface area contributed by atoms with Gasteiger partial charge >= 0.3 is 0 Å². The highest BCUT2D eigenvalue weighted by Gasteiger charge is 2.28. The van der Waals surface area contributed by atoms with Crippen molar-refractivity contribution in [2.24, 2.45) is 0 Å². The van der Waals surface area contributed by atoms with Gasteiger partial charge in [-0.2, -0.15) is 0 Å². The molecule has 0 unspecified atom stereocenters. The minimum atomic E-state index is 0.506. The molecule has 1 aliphatic carbocycles. The zero-order chi connectivity index (χ0) is 14.1. The Hall–Kier alpha value is -1.32. The van der Waals surface area contributed by atoms with Crippen LogP contribution < -0.4 is 5.32 Å². The van der Waals surface area contributed by atoms with Crippen LogP contribution in [0.15, 0.2) is 30.5 Å². The Morgan fingerprint density at radius 3 is 2.90 bits per heavy atom. The summed E-state index contributed by atoms with van der Waals surface area (Å²) in [5, 5.41) is 5.58. The molecule has 1 saturated carbocycles. The van der Waals surface area contributed by atoms with E-state index >= 15 is 0 Å². The number of hydrogen-bond acceptors (Lipinski definition) is 3. The average Bonchev–Trinajstić information content (AvgIpc) is 2.87. The first kappa shape index (κ1) is 13.7. The summed E-state index contributed by atoms with van der Waals surface area (Å²) in [5.41, 5.74) is 2.10. The van der Waals surface area contributed by atoms with Crippen LogP contribution in [0.2, 0.25) is 5.02 Å². The van der Waals surface area contributed by atoms with E-state index in [1.807, 2.05) is 24.4 Å². The molecule has 0 spiro atoms. The summed E-state index contributed by atoms with van der Waals surface area (Å²) in [4.78, 5) is 6.72. The summed E-state index contributed by atoms with van der Waals surface area (Å²) in [6, 6.07) is 9.06. The zero-order valence-corrected chi connectivity index (χ0v) is 12.7. The number of likely N-dealkylation sites (N-methyl/N-ethyl adjacent to an activating group) is 1. The SMILES string of the molecule is CN(C)[C@H]1CCC[C@@H]1Nc1ccnc2cc(Cl)ccc12. The van der Waals surface area contributed by atoms with Crippen LogP contribution in [-0.2, 0) is 0 Å². The van der Waals surface area contributed by atoms with Crippen LogP contribution in [0.4, 0.5) is 5.69 Å². The quantitative estimate of drug-likeness (QED) is 0.932. The first-order valence-corrected chi connectivity index (χ1v) is 7.50. The molecule has 1 fully saturated rings. The van der Waals surface area contributed by atoms with E-state index in [0.717, 1.165) is 21.6 Å². The maximum atomic E-state index is 6.04. The summed E-state index contributed by atoms with van der Waals surface area (Å²) in [7, 11) is 4.32. The first-order chi connectivity index (χ1) is 9.65. The normalized spacial score (nSPS) is 22.6. The van der Waals surface area contributed by atoms with Crippen molar-refractivity contribution < 1.29 is 0 Å². The van der Waals surface area contributed by atoms with E-state index in [9.17, 15) is 0 Å². The van der Waals surface area contributed by atoms with Gasteiger partial charge in [0.05, 0.1) is 5.52 Å². The molecule has 0 amide bonds. The molecule has 1 aromatic heterocycles. The van der Waals surface area contributed by atoms with Gasteiger partial charge in [-0.25, -0.2) is 0 Å². The molecule has 2 atom stereocenters. The smallest absolute Gasteiger partial charge is 0.0737 e. The Balaban J connectivity index is 1.91. The van der Waals surface area contributed by atoms with Crippen molar-refractivity contribution in [3.05, 3.63) is 35.5 Å². The highest BCUT2D eigenvalue weighted by Crippen LogP contribution is 2.29. The minimum Gasteiger partial charge on any atom is -0.380 e. The van der Waals surface area contributed by atoms with Crippen LogP contribution in [0.25, 0.3) is 10.9 Å². The first-order valence-electron chi connectivity index (χ1n) is 7.12. The Kier molecular flexibility index (Phi) is 3.81. The van der Waals surface area contributed by atoms with Crippen molar-refractivity contribution >= 4 is 28.2 Å². The van der Waals surface area contributed by atoms with Crippen LogP contribution in [0.5, 0.6) is 0 Å². The topological polar surface area (TPSA) is 28.2 Å². The van der Waals surface area contributed by atoms with Gasteiger partial charge in [0.25, 0.3) is 0 Å². The van der Waals surface area contributed by atoms with Gasteiger partial charge in [-0.15, -0.1) is 0 Å². The van der Waals surface area contributed by atoms with Gasteiger partial charge in [-0.05, 0) is 57.6 Å². The van der Waals surface area contributed by atoms with Crippen LogP contribution >= 0.6 is 11.6 Å². The van der Waals surface area contributed by atoms with E-state index in [4.69, 9.17) is 11.6 Å². The molecular formula is C16H20ClN3. The molecule has 3 nitrogen and oxygen atoms in total. The maximum Gasteiger partial charge on any atom is 0.0737 e. The predicted octanol–water partition coefficient (Wildman–Crippen LogP) is 3.78. The summed E-state index contributed by atoms with van der Waals surface area (Å²) in [6.45, 7) is 0. The summed E-state index contributed by atoms with van der Waals surface area (Å²) in [5.74, 6) is 0. The monoisotopic (exact) mass is 289 g/mol. The molecule has 3 rings (SSSR count). The van der Waals surface area contributed by atoms with E-state index in [0.29, 0.717) is 12.1 Å². The molecule has 4 heteroatoms. The van der Waals surface area contributed by atoms with Crippen molar-refractivity contribution in [2.45, 2.75) is 31.3 Å². The molecule has 20 heavy (non-hydrogen) atoms. The number of benzene rings is 1. The number of hydrogen-bond donors (Lipinski definition) is 1. The zero-order valence-electron chi connectivity index (χ0n) is 11.9. The molecule has 2 aromatic rings. The summed E-state index contributed by atoms with van der Waals surface area (Å²) < 4.78 is 0. The van der Waals surface area contributed by atoms with Gasteiger partial charge in [-0.1, -0.05) is 11.6 Å². The van der Waals surface area contributed by atoms with Gasteiger partial charge in [0.1, 0.15) is 0 Å². The largest absolute Gasteiger partial charge is 0.380 e. The van der Waals surface area contributed by atoms with E-state index in [2.05, 4.69) is 35.4 Å². The Morgan fingerprint density at radius 2 is 2.10 bits per heavy atom. The highest BCUT2D eigenvalue weighted by molar-refractivity contribution is 6.31. The van der Waals surface area contributed by atoms with Gasteiger partial charge in [0.2, 0.25) is 0 Å². The molecule has 1 aromatic carbocycles. The van der Waals surface area contributed by atoms with Gasteiger partial charge in [0.15, 0.2) is 0 Å². The fourth-order valence-corrected chi connectivity index (χ4v) is 3.34. The lowest BCUT2D eigenvalue weighted by Crippen LogP contribution is -2.39. The third-order valence-corrected chi connectivity index (χ3v) is 4.42. The lowest BCUT2D eigenvalue weighted by molar-refractivity contribution is 0.285. The Morgan fingerprint density at radius 1 is 1.25 bits per heavy atom. The fraction of sp³-hybridized carbons (Fsp3) is 0.438. The van der Waals surface area contributed by atoms with Crippen LogP contribution in [0, 0.1) is 0 Å². The van der Waals surface area contributed by atoms with Gasteiger partial charge in [0, 0.05) is 34.4 Å². The molecule has 1 heterocycles. The predicted molar refractivity (Wildman–Crippen MR) is 85.5 cm³/mol. The number of fused-ring (bicyclic) bond motifs is 1. The Bertz CT molecular complexity index is 612. The third-order valence-electron chi connectivity index (χ3n) is 4.19. The summed E-state index contributed by atoms with van der Waals surface area (Å²) in [6.07, 6.45) is 5.62. The van der Waals surface area contributed by atoms with Crippen molar-refractivity contribution in [1.29, 1.82) is 0 Å². The lowest BCUT2D eigenvalue weighted by atomic mass is 10.1. The van der Waals surface area contributed by atoms with Crippen molar-refractivity contribution in [2.75, 3.05) is 19.4 Å². The second-order valence-electron chi connectivity index (χ2n) is 5.73. The molecule has 0 aliphatic heterocycles. The molecule has 0 saturated heterocycles. The number of anilines is 1. The second-order valence-corrected chi connectivity index (χ2v) is 6.17. The molecule has 0 bridgehead atoms. The fourth-order valence-electron chi connectivity index (χ4n) is 3.17. The molecule has 0 radical (unpaired) electrons. The number of nitrogens with one attached hydrogen (secondary N) is 1. The average molecular weight is 290 g/mol. The molecular weight excluding hydrogens is 270 g/mol. The van der Waals surface area contributed by atoms with Crippen LogP contribution in [0.3, 0.4) is 0 Å². The van der Waals surface area contributed by atoms with E-state index in [1.54, 1.807) is 0 Å².